The van der Waals surface area contributed by atoms with E-state index in [1.54, 1.807) is 37.0 Å². The lowest BCUT2D eigenvalue weighted by atomic mass is 10.2. The molecule has 0 saturated heterocycles. The molecule has 0 atom stereocenters. The van der Waals surface area contributed by atoms with Gasteiger partial charge in [-0.2, -0.15) is 0 Å². The number of amides is 2. The van der Waals surface area contributed by atoms with Crippen LogP contribution in [0.4, 0.5) is 5.69 Å². The van der Waals surface area contributed by atoms with Crippen LogP contribution in [0.5, 0.6) is 5.75 Å². The normalized spacial score (nSPS) is 10.3. The first kappa shape index (κ1) is 20.1. The summed E-state index contributed by atoms with van der Waals surface area (Å²) in [5.41, 5.74) is 1.61. The second kappa shape index (κ2) is 9.50. The minimum atomic E-state index is -0.286. The quantitative estimate of drug-likeness (QED) is 0.727. The smallest absolute Gasteiger partial charge is 0.260 e. The highest BCUT2D eigenvalue weighted by Gasteiger charge is 2.15. The van der Waals surface area contributed by atoms with Gasteiger partial charge in [-0.3, -0.25) is 9.59 Å². The molecule has 138 valence electrons. The second-order valence-electron chi connectivity index (χ2n) is 5.70. The Labute approximate surface area is 162 Å². The minimum Gasteiger partial charge on any atom is -0.484 e. The third-order valence-corrected chi connectivity index (χ3v) is 4.90. The number of nitrogens with zero attached hydrogens (tertiary/aromatic N) is 1. The molecule has 0 heterocycles. The van der Waals surface area contributed by atoms with Crippen molar-refractivity contribution in [1.82, 2.24) is 4.90 Å². The summed E-state index contributed by atoms with van der Waals surface area (Å²) in [4.78, 5) is 26.7. The van der Waals surface area contributed by atoms with Crippen molar-refractivity contribution in [2.45, 2.75) is 11.8 Å². The number of likely N-dealkylation sites (N-methyl/N-ethyl adjacent to an activating group) is 1. The molecule has 0 spiro atoms. The molecule has 0 aromatic heterocycles. The van der Waals surface area contributed by atoms with Crippen LogP contribution < -0.4 is 10.1 Å². The fourth-order valence-electron chi connectivity index (χ4n) is 2.20. The Bertz CT molecular complexity index is 798. The Morgan fingerprint density at radius 1 is 1.23 bits per heavy atom. The fraction of sp³-hybridized carbons (Fsp3) is 0.263. The van der Waals surface area contributed by atoms with Gasteiger partial charge in [0.1, 0.15) is 5.75 Å². The number of carbonyl (C=O) groups excluding carboxylic acids is 2. The molecular weight excluding hydrogens is 372 g/mol. The lowest BCUT2D eigenvalue weighted by Crippen LogP contribution is -2.37. The van der Waals surface area contributed by atoms with Crippen LogP contribution in [0.1, 0.15) is 5.56 Å². The number of carbonyl (C=O) groups is 2. The average Bonchev–Trinajstić information content (AvgIpc) is 2.62. The van der Waals surface area contributed by atoms with Crippen LogP contribution in [-0.2, 0) is 9.59 Å². The van der Waals surface area contributed by atoms with E-state index in [0.717, 1.165) is 16.1 Å². The zero-order valence-corrected chi connectivity index (χ0v) is 16.5. The SMILES string of the molecule is CSc1ccccc1NC(=O)CN(C)C(=O)COc1ccc(Cl)c(C)c1. The molecule has 2 aromatic carbocycles. The molecule has 0 saturated carbocycles. The van der Waals surface area contributed by atoms with E-state index in [0.29, 0.717) is 10.8 Å². The van der Waals surface area contributed by atoms with Gasteiger partial charge in [-0.15, -0.1) is 11.8 Å². The number of hydrogen-bond donors (Lipinski definition) is 1. The molecule has 2 rings (SSSR count). The van der Waals surface area contributed by atoms with Gasteiger partial charge in [0.2, 0.25) is 5.91 Å². The standard InChI is InChI=1S/C19H21ClN2O3S/c1-13-10-14(8-9-15(13)20)25-12-19(24)22(2)11-18(23)21-16-6-4-5-7-17(16)26-3/h4-10H,11-12H2,1-3H3,(H,21,23). The minimum absolute atomic E-state index is 0.0510. The second-order valence-corrected chi connectivity index (χ2v) is 6.95. The van der Waals surface area contributed by atoms with Gasteiger partial charge < -0.3 is 15.0 Å². The number of aryl methyl sites for hydroxylation is 1. The van der Waals surface area contributed by atoms with Gasteiger partial charge in [-0.25, -0.2) is 0 Å². The first-order valence-electron chi connectivity index (χ1n) is 7.96. The lowest BCUT2D eigenvalue weighted by molar-refractivity contribution is -0.135. The van der Waals surface area contributed by atoms with Crippen LogP contribution in [0.3, 0.4) is 0 Å². The van der Waals surface area contributed by atoms with Crippen LogP contribution in [0, 0.1) is 6.92 Å². The van der Waals surface area contributed by atoms with Gasteiger partial charge in [0.15, 0.2) is 6.61 Å². The molecule has 0 bridgehead atoms. The van der Waals surface area contributed by atoms with Crippen molar-refractivity contribution in [3.8, 4) is 5.75 Å². The number of halogens is 1. The van der Waals surface area contributed by atoms with E-state index in [4.69, 9.17) is 16.3 Å². The van der Waals surface area contributed by atoms with Crippen molar-refractivity contribution >= 4 is 40.9 Å². The molecular formula is C19H21ClN2O3S. The largest absolute Gasteiger partial charge is 0.484 e. The number of hydrogen-bond acceptors (Lipinski definition) is 4. The maximum Gasteiger partial charge on any atom is 0.260 e. The third-order valence-electron chi connectivity index (χ3n) is 3.68. The number of para-hydroxylation sites is 1. The van der Waals surface area contributed by atoms with Crippen molar-refractivity contribution in [3.05, 3.63) is 53.1 Å². The predicted molar refractivity (Wildman–Crippen MR) is 106 cm³/mol. The summed E-state index contributed by atoms with van der Waals surface area (Å²) in [6, 6.07) is 12.7. The summed E-state index contributed by atoms with van der Waals surface area (Å²) < 4.78 is 5.48. The van der Waals surface area contributed by atoms with Crippen molar-refractivity contribution < 1.29 is 14.3 Å². The maximum atomic E-state index is 12.2. The molecule has 0 radical (unpaired) electrons. The van der Waals surface area contributed by atoms with Gasteiger partial charge in [-0.05, 0) is 49.1 Å². The Morgan fingerprint density at radius 2 is 1.96 bits per heavy atom. The van der Waals surface area contributed by atoms with Crippen molar-refractivity contribution in [2.75, 3.05) is 31.8 Å². The third kappa shape index (κ3) is 5.68. The molecule has 2 amide bonds. The molecule has 0 aliphatic heterocycles. The molecule has 2 aromatic rings. The van der Waals surface area contributed by atoms with E-state index >= 15 is 0 Å². The summed E-state index contributed by atoms with van der Waals surface area (Å²) in [7, 11) is 1.57. The molecule has 0 unspecified atom stereocenters. The van der Waals surface area contributed by atoms with Gasteiger partial charge in [0.05, 0.1) is 12.2 Å². The summed E-state index contributed by atoms with van der Waals surface area (Å²) >= 11 is 7.51. The van der Waals surface area contributed by atoms with Crippen molar-refractivity contribution in [1.29, 1.82) is 0 Å². The molecule has 7 heteroatoms. The Kier molecular flexibility index (Phi) is 7.36. The van der Waals surface area contributed by atoms with Crippen molar-refractivity contribution in [3.63, 3.8) is 0 Å². The van der Waals surface area contributed by atoms with Crippen LogP contribution >= 0.6 is 23.4 Å². The predicted octanol–water partition coefficient (Wildman–Crippen LogP) is 3.85. The zero-order valence-electron chi connectivity index (χ0n) is 14.9. The summed E-state index contributed by atoms with van der Waals surface area (Å²) in [6.45, 7) is 1.66. The molecule has 0 aliphatic carbocycles. The molecule has 1 N–H and O–H groups in total. The summed E-state index contributed by atoms with van der Waals surface area (Å²) in [6.07, 6.45) is 1.94. The number of anilines is 1. The molecule has 0 fully saturated rings. The zero-order chi connectivity index (χ0) is 19.1. The van der Waals surface area contributed by atoms with E-state index in [-0.39, 0.29) is 25.0 Å². The van der Waals surface area contributed by atoms with Crippen LogP contribution in [0.25, 0.3) is 0 Å². The number of nitrogens with one attached hydrogen (secondary N) is 1. The Balaban J connectivity index is 1.85. The fourth-order valence-corrected chi connectivity index (χ4v) is 2.87. The van der Waals surface area contributed by atoms with Gasteiger partial charge >= 0.3 is 0 Å². The van der Waals surface area contributed by atoms with Crippen LogP contribution in [0.2, 0.25) is 5.02 Å². The van der Waals surface area contributed by atoms with E-state index in [9.17, 15) is 9.59 Å². The summed E-state index contributed by atoms with van der Waals surface area (Å²) in [5.74, 6) is 0.0163. The number of rotatable bonds is 7. The Hall–Kier alpha value is -2.18. The number of thioether (sulfide) groups is 1. The monoisotopic (exact) mass is 392 g/mol. The maximum absolute atomic E-state index is 12.2. The van der Waals surface area contributed by atoms with Crippen molar-refractivity contribution in [2.24, 2.45) is 0 Å². The average molecular weight is 393 g/mol. The molecule has 0 aliphatic rings. The van der Waals surface area contributed by atoms with E-state index in [1.807, 2.05) is 37.4 Å². The highest BCUT2D eigenvalue weighted by atomic mass is 35.5. The first-order valence-corrected chi connectivity index (χ1v) is 9.56. The molecule has 26 heavy (non-hydrogen) atoms. The molecule has 5 nitrogen and oxygen atoms in total. The van der Waals surface area contributed by atoms with Crippen LogP contribution in [-0.4, -0.2) is 43.2 Å². The lowest BCUT2D eigenvalue weighted by Gasteiger charge is -2.18. The van der Waals surface area contributed by atoms with E-state index in [1.165, 1.54) is 4.90 Å². The number of benzene rings is 2. The first-order chi connectivity index (χ1) is 12.4. The topological polar surface area (TPSA) is 58.6 Å². The number of ether oxygens (including phenoxy) is 1. The van der Waals surface area contributed by atoms with E-state index < -0.39 is 0 Å². The van der Waals surface area contributed by atoms with Gasteiger partial charge in [0.25, 0.3) is 5.91 Å². The highest BCUT2D eigenvalue weighted by molar-refractivity contribution is 7.98. The Morgan fingerprint density at radius 3 is 2.65 bits per heavy atom. The van der Waals surface area contributed by atoms with Gasteiger partial charge in [0, 0.05) is 17.0 Å². The highest BCUT2D eigenvalue weighted by Crippen LogP contribution is 2.24. The van der Waals surface area contributed by atoms with Gasteiger partial charge in [-0.1, -0.05) is 23.7 Å². The van der Waals surface area contributed by atoms with Crippen LogP contribution in [0.15, 0.2) is 47.4 Å². The summed E-state index contributed by atoms with van der Waals surface area (Å²) in [5, 5.41) is 3.47. The van der Waals surface area contributed by atoms with E-state index in [2.05, 4.69) is 5.32 Å².